The SMILES string of the molecule is Cc1cc2nc3c(=O)[nH]c(=O)nc-3n(C[C@H](O)[C@@H](O)[C@@H](O)COP(=O)(O)OP(=O)(O)OC[C@H]3O[C@@H](n4cnc5c(N)ncnc54)[C@H](O)[C@@H]3O)c2cc1C. The summed E-state index contributed by atoms with van der Waals surface area (Å²) in [6, 6.07) is 3.29. The smallest absolute Gasteiger partial charge is 0.388 e. The number of imidazole rings is 1. The third-order valence-corrected chi connectivity index (χ3v) is 11.0. The third kappa shape index (κ3) is 7.91. The number of nitrogen functional groups attached to an aromatic ring is 1. The van der Waals surface area contributed by atoms with E-state index in [-0.39, 0.29) is 34.0 Å². The van der Waals surface area contributed by atoms with Gasteiger partial charge in [0.1, 0.15) is 48.5 Å². The second-order valence-electron chi connectivity index (χ2n) is 12.1. The van der Waals surface area contributed by atoms with Crippen molar-refractivity contribution in [3.05, 3.63) is 56.8 Å². The molecule has 1 fully saturated rings. The fourth-order valence-corrected chi connectivity index (χ4v) is 7.65. The number of hydrogen-bond acceptors (Lipinski definition) is 19. The molecule has 3 aliphatic rings. The molecule has 0 radical (unpaired) electrons. The van der Waals surface area contributed by atoms with Gasteiger partial charge in [0, 0.05) is 0 Å². The molecule has 53 heavy (non-hydrogen) atoms. The van der Waals surface area contributed by atoms with E-state index in [0.29, 0.717) is 5.52 Å². The maximum Gasteiger partial charge on any atom is 0.481 e. The molecule has 26 heteroatoms. The zero-order valence-electron chi connectivity index (χ0n) is 27.5. The first-order valence-corrected chi connectivity index (χ1v) is 18.4. The van der Waals surface area contributed by atoms with E-state index in [9.17, 15) is 54.0 Å². The van der Waals surface area contributed by atoms with Crippen LogP contribution in [-0.2, 0) is 33.8 Å². The van der Waals surface area contributed by atoms with E-state index in [0.717, 1.165) is 17.5 Å². The Hall–Kier alpha value is -4.13. The summed E-state index contributed by atoms with van der Waals surface area (Å²) < 4.78 is 46.6. The number of phosphoric acid groups is 2. The van der Waals surface area contributed by atoms with Gasteiger partial charge < -0.3 is 50.4 Å². The third-order valence-electron chi connectivity index (χ3n) is 8.40. The molecule has 3 aromatic rings. The topological polar surface area (TPSA) is 363 Å². The summed E-state index contributed by atoms with van der Waals surface area (Å²) in [6.45, 7) is 0.795. The number of ether oxygens (including phenoxy) is 1. The van der Waals surface area contributed by atoms with Crippen molar-refractivity contribution in [1.82, 2.24) is 39.0 Å². The van der Waals surface area contributed by atoms with Crippen LogP contribution < -0.4 is 17.0 Å². The summed E-state index contributed by atoms with van der Waals surface area (Å²) >= 11 is 0. The largest absolute Gasteiger partial charge is 0.481 e. The van der Waals surface area contributed by atoms with Gasteiger partial charge in [-0.15, -0.1) is 0 Å². The number of aliphatic hydroxyl groups is 5. The minimum absolute atomic E-state index is 0.0293. The van der Waals surface area contributed by atoms with Crippen molar-refractivity contribution < 1.29 is 62.5 Å². The fourth-order valence-electron chi connectivity index (χ4n) is 5.55. The quantitative estimate of drug-likeness (QED) is 0.0443. The zero-order chi connectivity index (χ0) is 38.6. The summed E-state index contributed by atoms with van der Waals surface area (Å²) in [5.74, 6) is -0.212. The minimum atomic E-state index is -5.54. The van der Waals surface area contributed by atoms with E-state index in [4.69, 9.17) is 15.0 Å². The summed E-state index contributed by atoms with van der Waals surface area (Å²) in [5, 5.41) is 53.0. The normalized spacial score (nSPS) is 23.3. The molecule has 0 saturated carbocycles. The van der Waals surface area contributed by atoms with Crippen molar-refractivity contribution in [2.45, 2.75) is 63.2 Å². The number of H-pyrrole nitrogens is 1. The Kier molecular flexibility index (Phi) is 10.6. The van der Waals surface area contributed by atoms with Gasteiger partial charge in [0.25, 0.3) is 5.56 Å². The van der Waals surface area contributed by atoms with E-state index in [1.807, 2.05) is 4.98 Å². The second-order valence-corrected chi connectivity index (χ2v) is 15.1. The number of nitrogens with two attached hydrogens (primary N) is 1. The highest BCUT2D eigenvalue weighted by Crippen LogP contribution is 2.60. The maximum absolute atomic E-state index is 12.5. The number of benzene rings is 1. The van der Waals surface area contributed by atoms with Crippen molar-refractivity contribution in [2.75, 3.05) is 18.9 Å². The molecule has 0 bridgehead atoms. The Labute approximate surface area is 295 Å². The van der Waals surface area contributed by atoms with Crippen molar-refractivity contribution in [1.29, 1.82) is 0 Å². The Morgan fingerprint density at radius 2 is 1.68 bits per heavy atom. The highest BCUT2D eigenvalue weighted by molar-refractivity contribution is 7.61. The lowest BCUT2D eigenvalue weighted by molar-refractivity contribution is -0.0794. The van der Waals surface area contributed by atoms with E-state index in [1.165, 1.54) is 15.5 Å². The lowest BCUT2D eigenvalue weighted by atomic mass is 10.1. The van der Waals surface area contributed by atoms with Crippen molar-refractivity contribution in [3.63, 3.8) is 0 Å². The number of anilines is 1. The van der Waals surface area contributed by atoms with E-state index in [1.54, 1.807) is 26.0 Å². The van der Waals surface area contributed by atoms with Gasteiger partial charge in [0.2, 0.25) is 0 Å². The molecule has 2 unspecified atom stereocenters. The van der Waals surface area contributed by atoms with Crippen LogP contribution in [0.5, 0.6) is 0 Å². The molecule has 5 heterocycles. The number of aliphatic hydroxyl groups excluding tert-OH is 5. The van der Waals surface area contributed by atoms with Crippen LogP contribution in [0.25, 0.3) is 33.7 Å². The molecule has 2 aromatic heterocycles. The van der Waals surface area contributed by atoms with Gasteiger partial charge in [-0.25, -0.2) is 33.9 Å². The van der Waals surface area contributed by atoms with Crippen LogP contribution in [0.4, 0.5) is 5.82 Å². The van der Waals surface area contributed by atoms with E-state index >= 15 is 0 Å². The monoisotopic (exact) mass is 785 g/mol. The van der Waals surface area contributed by atoms with Crippen LogP contribution in [0.15, 0.2) is 34.4 Å². The number of nitrogens with zero attached hydrogens (tertiary/aromatic N) is 7. The standard InChI is InChI=1S/C27H33N9O15P2/c1-10-3-12-13(4-11(10)2)35(24-18(32-12)25(42)34-27(43)33-24)5-14(37)19(39)15(38)6-48-52(44,45)51-53(46,47)49-7-16-20(40)21(41)26(50-16)36-9-31-17-22(28)29-8-30-23(17)36/h3-4,8-9,14-16,19-21,26,37-41H,5-7H2,1-2H3,(H,44,45)(H,46,47)(H2,28,29,30)(H,34,42,43)/t14-,15-,16+,19+,20+,21+,26+/m0/s1. The molecular formula is C27H33N9O15P2. The molecule has 0 aliphatic carbocycles. The van der Waals surface area contributed by atoms with E-state index < -0.39 is 89.5 Å². The second kappa shape index (κ2) is 14.6. The number of nitrogens with one attached hydrogen (secondary N) is 1. The fraction of sp³-hybridized carbons (Fsp3) is 0.444. The molecular weight excluding hydrogens is 752 g/mol. The molecule has 0 spiro atoms. The first-order valence-electron chi connectivity index (χ1n) is 15.4. The highest BCUT2D eigenvalue weighted by atomic mass is 31.3. The number of aromatic amines is 1. The van der Waals surface area contributed by atoms with Gasteiger partial charge in [0.15, 0.2) is 29.2 Å². The lowest BCUT2D eigenvalue weighted by Crippen LogP contribution is -2.42. The Balaban J connectivity index is 1.07. The lowest BCUT2D eigenvalue weighted by Gasteiger charge is -2.26. The first kappa shape index (κ1) is 38.6. The predicted octanol–water partition coefficient (Wildman–Crippen LogP) is -2.42. The van der Waals surface area contributed by atoms with Crippen LogP contribution in [0, 0.1) is 13.8 Å². The van der Waals surface area contributed by atoms with Gasteiger partial charge in [-0.3, -0.25) is 23.4 Å². The van der Waals surface area contributed by atoms with Crippen LogP contribution in [0.2, 0.25) is 0 Å². The Morgan fingerprint density at radius 1 is 0.981 bits per heavy atom. The van der Waals surface area contributed by atoms with Gasteiger partial charge in [0.05, 0.1) is 37.1 Å². The minimum Gasteiger partial charge on any atom is -0.388 e. The van der Waals surface area contributed by atoms with Crippen molar-refractivity contribution in [3.8, 4) is 11.5 Å². The average Bonchev–Trinajstić information content (AvgIpc) is 3.63. The van der Waals surface area contributed by atoms with Crippen LogP contribution in [0.3, 0.4) is 0 Å². The number of aryl methyl sites for hydroxylation is 2. The Morgan fingerprint density at radius 3 is 2.42 bits per heavy atom. The number of hydrogen-bond donors (Lipinski definition) is 9. The number of fused-ring (bicyclic) bond motifs is 3. The molecule has 0 amide bonds. The van der Waals surface area contributed by atoms with Gasteiger partial charge in [-0.1, -0.05) is 0 Å². The van der Waals surface area contributed by atoms with E-state index in [2.05, 4.69) is 33.8 Å². The molecule has 24 nitrogen and oxygen atoms in total. The zero-order valence-corrected chi connectivity index (χ0v) is 29.3. The Bertz CT molecular complexity index is 2350. The molecule has 1 saturated heterocycles. The summed E-state index contributed by atoms with van der Waals surface area (Å²) in [4.78, 5) is 66.6. The summed E-state index contributed by atoms with van der Waals surface area (Å²) in [5.41, 5.74) is 6.11. The molecule has 286 valence electrons. The van der Waals surface area contributed by atoms with Crippen LogP contribution in [0.1, 0.15) is 17.4 Å². The predicted molar refractivity (Wildman–Crippen MR) is 177 cm³/mol. The molecule has 10 N–H and O–H groups in total. The molecule has 9 atom stereocenters. The molecule has 3 aliphatic heterocycles. The van der Waals surface area contributed by atoms with Crippen LogP contribution in [-0.4, -0.2) is 124 Å². The summed E-state index contributed by atoms with van der Waals surface area (Å²) in [7, 11) is -11.0. The molecule has 1 aromatic carbocycles. The maximum atomic E-state index is 12.5. The number of aromatic nitrogens is 8. The van der Waals surface area contributed by atoms with Gasteiger partial charge in [-0.05, 0) is 37.1 Å². The number of rotatable bonds is 13. The number of phosphoric ester groups is 2. The highest BCUT2D eigenvalue weighted by Gasteiger charge is 2.46. The van der Waals surface area contributed by atoms with Gasteiger partial charge in [-0.2, -0.15) is 9.29 Å². The van der Waals surface area contributed by atoms with Crippen molar-refractivity contribution >= 4 is 43.7 Å². The first-order chi connectivity index (χ1) is 24.9. The molecule has 6 rings (SSSR count). The summed E-state index contributed by atoms with van der Waals surface area (Å²) in [6.07, 6.45) is -9.93. The van der Waals surface area contributed by atoms with Crippen LogP contribution >= 0.6 is 15.6 Å². The van der Waals surface area contributed by atoms with Crippen molar-refractivity contribution in [2.24, 2.45) is 0 Å². The van der Waals surface area contributed by atoms with Gasteiger partial charge >= 0.3 is 21.3 Å². The average molecular weight is 786 g/mol.